The molecule has 1 radical (unpaired) electrons. The quantitative estimate of drug-likeness (QED) is 0.170. The van der Waals surface area contributed by atoms with Gasteiger partial charge in [-0.05, 0) is 64.7 Å². The van der Waals surface area contributed by atoms with Crippen molar-refractivity contribution < 1.29 is 30.0 Å². The molecule has 1 aliphatic rings. The van der Waals surface area contributed by atoms with Gasteiger partial charge in [0.1, 0.15) is 5.58 Å². The number of hydrogen-bond donors (Lipinski definition) is 0. The molecule has 0 unspecified atom stereocenters. The van der Waals surface area contributed by atoms with Gasteiger partial charge in [0.05, 0.1) is 5.58 Å². The maximum Gasteiger partial charge on any atom is 0.120 e. The van der Waals surface area contributed by atoms with E-state index in [0.717, 1.165) is 64.0 Å². The molecular formula is C38H30IrN2O-2. The first-order chi connectivity index (χ1) is 21.8. The number of furan rings is 1. The Morgan fingerprint density at radius 3 is 2.50 bits per heavy atom. The van der Waals surface area contributed by atoms with Crippen LogP contribution in [-0.4, -0.2) is 9.97 Å². The van der Waals surface area contributed by atoms with E-state index in [-0.39, 0.29) is 25.7 Å². The largest absolute Gasteiger partial charge is 0.501 e. The average molecular weight is 727 g/mol. The molecule has 0 atom stereocenters. The molecule has 42 heavy (non-hydrogen) atoms. The van der Waals surface area contributed by atoms with E-state index in [1.165, 1.54) is 0 Å². The Labute approximate surface area is 265 Å². The second-order valence-corrected chi connectivity index (χ2v) is 10.3. The molecule has 0 spiro atoms. The minimum absolute atomic E-state index is 0. The first-order valence-electron chi connectivity index (χ1n) is 16.0. The molecule has 3 aromatic heterocycles. The summed E-state index contributed by atoms with van der Waals surface area (Å²) in [5.41, 5.74) is 5.65. The number of para-hydroxylation sites is 1. The molecule has 4 heteroatoms. The van der Waals surface area contributed by atoms with Crippen LogP contribution in [0.1, 0.15) is 48.2 Å². The zero-order valence-electron chi connectivity index (χ0n) is 26.9. The third-order valence-electron chi connectivity index (χ3n) is 7.68. The normalized spacial score (nSPS) is 15.6. The molecule has 3 heterocycles. The topological polar surface area (TPSA) is 38.9 Å². The number of pyridine rings is 2. The van der Waals surface area contributed by atoms with Crippen LogP contribution in [0, 0.1) is 19.0 Å². The van der Waals surface area contributed by atoms with Crippen molar-refractivity contribution in [3.8, 4) is 22.5 Å². The summed E-state index contributed by atoms with van der Waals surface area (Å²) in [6, 6.07) is 37.3. The van der Waals surface area contributed by atoms with E-state index in [9.17, 15) is 0 Å². The van der Waals surface area contributed by atoms with Gasteiger partial charge in [0, 0.05) is 43.4 Å². The van der Waals surface area contributed by atoms with Gasteiger partial charge in [-0.3, -0.25) is 0 Å². The van der Waals surface area contributed by atoms with Crippen LogP contribution < -0.4 is 0 Å². The Morgan fingerprint density at radius 1 is 0.833 bits per heavy atom. The minimum Gasteiger partial charge on any atom is -0.501 e. The van der Waals surface area contributed by atoms with Crippen molar-refractivity contribution in [2.45, 2.75) is 38.4 Å². The van der Waals surface area contributed by atoms with Crippen molar-refractivity contribution >= 4 is 32.7 Å². The number of aromatic nitrogens is 2. The predicted octanol–water partition coefficient (Wildman–Crippen LogP) is 10.1. The van der Waals surface area contributed by atoms with Crippen LogP contribution in [0.4, 0.5) is 0 Å². The van der Waals surface area contributed by atoms with Gasteiger partial charge in [0.25, 0.3) is 0 Å². The van der Waals surface area contributed by atoms with Crippen molar-refractivity contribution in [1.82, 2.24) is 9.97 Å². The van der Waals surface area contributed by atoms with Gasteiger partial charge in [0.2, 0.25) is 0 Å². The van der Waals surface area contributed by atoms with Crippen LogP contribution >= 0.6 is 0 Å². The predicted molar refractivity (Wildman–Crippen MR) is 168 cm³/mol. The number of nitrogens with zero attached hydrogens (tertiary/aromatic N) is 2. The average Bonchev–Trinajstić information content (AvgIpc) is 3.69. The molecule has 1 saturated carbocycles. The van der Waals surface area contributed by atoms with E-state index < -0.39 is 12.7 Å². The zero-order valence-corrected chi connectivity index (χ0v) is 25.3. The summed E-state index contributed by atoms with van der Waals surface area (Å²) in [4.78, 5) is 8.86. The summed E-state index contributed by atoms with van der Waals surface area (Å²) in [7, 11) is 0. The van der Waals surface area contributed by atoms with Crippen molar-refractivity contribution in [1.29, 1.82) is 0 Å². The fraction of sp³-hybridized carbons (Fsp3) is 0.158. The standard InChI is InChI=1S/C27H22NO.C11H8N.Ir/c1-17-14-23-22-8-4-5-9-25(22)29-27(23)24(15-17)26-21-11-10-19(18-6-2-3-7-18)16-20(21)12-13-28-26;1-2-6-10(7-3-1)11-8-4-5-9-12-11;/h4-5,8-14,16,18H,2-3,6-7H2,1H3;1-6,8-9H;/q2*-1;/i1D3,18D;;. The molecule has 7 aromatic rings. The van der Waals surface area contributed by atoms with E-state index in [0.29, 0.717) is 22.4 Å². The summed E-state index contributed by atoms with van der Waals surface area (Å²) in [5.74, 6) is -0.531. The van der Waals surface area contributed by atoms with E-state index in [1.807, 2.05) is 84.9 Å². The molecule has 8 rings (SSSR count). The molecule has 0 N–H and O–H groups in total. The van der Waals surface area contributed by atoms with Crippen molar-refractivity contribution in [3.63, 3.8) is 0 Å². The summed E-state index contributed by atoms with van der Waals surface area (Å²) in [6.45, 7) is -2.31. The fourth-order valence-corrected chi connectivity index (χ4v) is 5.70. The summed E-state index contributed by atoms with van der Waals surface area (Å²) >= 11 is 0. The molecule has 0 bridgehead atoms. The number of hydrogen-bond acceptors (Lipinski definition) is 3. The Hall–Kier alpha value is -4.11. The third kappa shape index (κ3) is 5.53. The summed E-state index contributed by atoms with van der Waals surface area (Å²) in [6.07, 6.45) is 7.45. The first kappa shape index (κ1) is 23.5. The SMILES string of the molecule is [2H]C([2H])([2H])c1[c-]c(-c2nccc3cc(C4([2H])CCCC4)ccc23)c2oc3ccccc3c2c1.[Ir].[c-]1ccccc1-c1ccccn1. The van der Waals surface area contributed by atoms with Crippen molar-refractivity contribution in [3.05, 3.63) is 133 Å². The van der Waals surface area contributed by atoms with Gasteiger partial charge in [-0.15, -0.1) is 53.6 Å². The monoisotopic (exact) mass is 727 g/mol. The first-order valence-corrected chi connectivity index (χ1v) is 14.0. The molecule has 0 saturated heterocycles. The minimum atomic E-state index is -2.31. The molecule has 3 nitrogen and oxygen atoms in total. The molecule has 1 aliphatic carbocycles. The van der Waals surface area contributed by atoms with E-state index >= 15 is 0 Å². The van der Waals surface area contributed by atoms with Gasteiger partial charge in [-0.2, -0.15) is 0 Å². The fourth-order valence-electron chi connectivity index (χ4n) is 5.70. The van der Waals surface area contributed by atoms with Crippen LogP contribution in [-0.2, 0) is 20.1 Å². The molecular weight excluding hydrogens is 693 g/mol. The molecule has 0 aliphatic heterocycles. The molecule has 4 aromatic carbocycles. The maximum atomic E-state index is 8.88. The van der Waals surface area contributed by atoms with Gasteiger partial charge in [0.15, 0.2) is 0 Å². The Kier molecular flexibility index (Phi) is 6.93. The van der Waals surface area contributed by atoms with Gasteiger partial charge in [-0.25, -0.2) is 0 Å². The third-order valence-corrected chi connectivity index (χ3v) is 7.68. The van der Waals surface area contributed by atoms with Crippen LogP contribution in [0.2, 0.25) is 0 Å². The molecule has 1 fully saturated rings. The van der Waals surface area contributed by atoms with Crippen LogP contribution in [0.25, 0.3) is 55.2 Å². The van der Waals surface area contributed by atoms with E-state index in [2.05, 4.69) is 28.2 Å². The number of rotatable bonds is 3. The van der Waals surface area contributed by atoms with Gasteiger partial charge < -0.3 is 14.4 Å². The van der Waals surface area contributed by atoms with Crippen molar-refractivity contribution in [2.75, 3.05) is 0 Å². The zero-order chi connectivity index (χ0) is 31.0. The van der Waals surface area contributed by atoms with Crippen LogP contribution in [0.5, 0.6) is 0 Å². The van der Waals surface area contributed by atoms with E-state index in [4.69, 9.17) is 9.90 Å². The Morgan fingerprint density at radius 2 is 1.69 bits per heavy atom. The van der Waals surface area contributed by atoms with E-state index in [1.54, 1.807) is 18.5 Å². The van der Waals surface area contributed by atoms with Crippen molar-refractivity contribution in [2.24, 2.45) is 0 Å². The number of fused-ring (bicyclic) bond motifs is 4. The van der Waals surface area contributed by atoms with Crippen LogP contribution in [0.3, 0.4) is 0 Å². The number of benzene rings is 4. The number of aryl methyl sites for hydroxylation is 1. The maximum absolute atomic E-state index is 8.88. The van der Waals surface area contributed by atoms with Gasteiger partial charge in [-0.1, -0.05) is 79.2 Å². The smallest absolute Gasteiger partial charge is 0.120 e. The summed E-state index contributed by atoms with van der Waals surface area (Å²) < 4.78 is 39.1. The molecule has 209 valence electrons. The van der Waals surface area contributed by atoms with Gasteiger partial charge >= 0.3 is 0 Å². The Balaban J connectivity index is 0.000000241. The van der Waals surface area contributed by atoms with Crippen LogP contribution in [0.15, 0.2) is 114 Å². The Bertz CT molecular complexity index is 2090. The second kappa shape index (κ2) is 12.4. The summed E-state index contributed by atoms with van der Waals surface area (Å²) in [5, 5.41) is 3.49. The second-order valence-electron chi connectivity index (χ2n) is 10.3. The molecule has 0 amide bonds.